The number of anilines is 1. The van der Waals surface area contributed by atoms with Crippen LogP contribution in [0.2, 0.25) is 10.0 Å². The predicted molar refractivity (Wildman–Crippen MR) is 149 cm³/mol. The second-order valence-corrected chi connectivity index (χ2v) is 11.9. The lowest BCUT2D eigenvalue weighted by Crippen LogP contribution is -2.16. The fourth-order valence-electron chi connectivity index (χ4n) is 3.81. The van der Waals surface area contributed by atoms with Crippen molar-refractivity contribution >= 4 is 70.1 Å². The fourth-order valence-corrected chi connectivity index (χ4v) is 7.38. The normalized spacial score (nSPS) is 12.9. The van der Waals surface area contributed by atoms with E-state index in [4.69, 9.17) is 32.1 Å². The SMILES string of the molecule is CCOP(=O)(Nc1cc(-c2ccc(-c3cc4ncccc4o3)cc2)sc1C(=O)O)c1ccc(Cl)cc1Cl. The number of aromatic nitrogens is 1. The number of carboxylic acid groups (broad SMARTS) is 1. The summed E-state index contributed by atoms with van der Waals surface area (Å²) in [6.07, 6.45) is 1.71. The van der Waals surface area contributed by atoms with E-state index in [-0.39, 0.29) is 27.5 Å². The molecule has 0 amide bonds. The summed E-state index contributed by atoms with van der Waals surface area (Å²) < 4.78 is 25.3. The summed E-state index contributed by atoms with van der Waals surface area (Å²) in [6.45, 7) is 1.80. The molecule has 2 N–H and O–H groups in total. The van der Waals surface area contributed by atoms with Crippen molar-refractivity contribution in [3.63, 3.8) is 0 Å². The topological polar surface area (TPSA) is 102 Å². The Balaban J connectivity index is 1.48. The highest BCUT2D eigenvalue weighted by atomic mass is 35.5. The summed E-state index contributed by atoms with van der Waals surface area (Å²) in [4.78, 5) is 17.0. The van der Waals surface area contributed by atoms with E-state index in [0.717, 1.165) is 28.0 Å². The molecule has 0 saturated heterocycles. The minimum atomic E-state index is -3.77. The second-order valence-electron chi connectivity index (χ2n) is 7.91. The standard InChI is InChI=1S/C26H19Cl2N2O5PS/c1-2-34-36(33,23-10-9-17(27)12-18(23)28)30-20-14-24(37-25(20)26(31)32)16-7-5-15(6-8-16)22-13-19-21(35-22)4-3-11-29-19/h3-14H,2H2,1H3,(H,30,33)(H,31,32). The van der Waals surface area contributed by atoms with Gasteiger partial charge in [0, 0.05) is 27.7 Å². The molecule has 5 rings (SSSR count). The molecule has 0 saturated carbocycles. The van der Waals surface area contributed by atoms with E-state index in [0.29, 0.717) is 21.2 Å². The molecule has 0 aliphatic heterocycles. The number of aromatic carboxylic acids is 1. The van der Waals surface area contributed by atoms with Crippen molar-refractivity contribution in [2.45, 2.75) is 6.92 Å². The van der Waals surface area contributed by atoms with Gasteiger partial charge < -0.3 is 19.1 Å². The van der Waals surface area contributed by atoms with E-state index in [1.807, 2.05) is 42.5 Å². The Bertz CT molecular complexity index is 1630. The Hall–Kier alpha value is -3.13. The van der Waals surface area contributed by atoms with E-state index in [9.17, 15) is 14.5 Å². The van der Waals surface area contributed by atoms with Crippen LogP contribution in [0.15, 0.2) is 77.3 Å². The summed E-state index contributed by atoms with van der Waals surface area (Å²) in [7, 11) is -3.77. The monoisotopic (exact) mass is 572 g/mol. The van der Waals surface area contributed by atoms with Gasteiger partial charge >= 0.3 is 13.5 Å². The molecule has 0 spiro atoms. The molecule has 3 aromatic heterocycles. The first-order chi connectivity index (χ1) is 17.8. The van der Waals surface area contributed by atoms with Crippen LogP contribution in [0.5, 0.6) is 0 Å². The zero-order valence-electron chi connectivity index (χ0n) is 19.3. The molecule has 1 unspecified atom stereocenters. The number of halogens is 2. The molecule has 2 aromatic carbocycles. The quantitative estimate of drug-likeness (QED) is 0.181. The summed E-state index contributed by atoms with van der Waals surface area (Å²) in [6, 6.07) is 19.2. The molecule has 0 aliphatic rings. The van der Waals surface area contributed by atoms with Crippen molar-refractivity contribution in [2.75, 3.05) is 11.7 Å². The summed E-state index contributed by atoms with van der Waals surface area (Å²) in [5.74, 6) is -0.479. The zero-order chi connectivity index (χ0) is 26.2. The number of nitrogens with one attached hydrogen (secondary N) is 1. The number of hydrogen-bond donors (Lipinski definition) is 2. The number of thiophene rings is 1. The Morgan fingerprint density at radius 2 is 1.86 bits per heavy atom. The Morgan fingerprint density at radius 1 is 1.11 bits per heavy atom. The number of hydrogen-bond acceptors (Lipinski definition) is 6. The molecule has 0 bridgehead atoms. The van der Waals surface area contributed by atoms with E-state index < -0.39 is 13.5 Å². The number of carbonyl (C=O) groups is 1. The molecule has 0 radical (unpaired) electrons. The number of carboxylic acids is 1. The van der Waals surface area contributed by atoms with Crippen molar-refractivity contribution in [2.24, 2.45) is 0 Å². The number of pyridine rings is 1. The first kappa shape index (κ1) is 25.5. The van der Waals surface area contributed by atoms with Crippen LogP contribution in [-0.4, -0.2) is 22.7 Å². The molecule has 37 heavy (non-hydrogen) atoms. The maximum Gasteiger partial charge on any atom is 0.348 e. The minimum Gasteiger partial charge on any atom is -0.477 e. The second kappa shape index (κ2) is 10.3. The molecule has 1 atom stereocenters. The Labute approximate surface area is 226 Å². The van der Waals surface area contributed by atoms with E-state index in [1.165, 1.54) is 12.1 Å². The highest BCUT2D eigenvalue weighted by molar-refractivity contribution is 7.68. The van der Waals surface area contributed by atoms with Crippen molar-refractivity contribution in [3.05, 3.63) is 87.8 Å². The van der Waals surface area contributed by atoms with Gasteiger partial charge in [-0.15, -0.1) is 11.3 Å². The van der Waals surface area contributed by atoms with Gasteiger partial charge in [-0.2, -0.15) is 0 Å². The van der Waals surface area contributed by atoms with Gasteiger partial charge in [-0.3, -0.25) is 9.55 Å². The highest BCUT2D eigenvalue weighted by Gasteiger charge is 2.31. The maximum absolute atomic E-state index is 13.8. The minimum absolute atomic E-state index is 0.00699. The van der Waals surface area contributed by atoms with E-state index in [2.05, 4.69) is 10.1 Å². The Morgan fingerprint density at radius 3 is 2.54 bits per heavy atom. The van der Waals surface area contributed by atoms with Gasteiger partial charge in [0.25, 0.3) is 0 Å². The largest absolute Gasteiger partial charge is 0.477 e. The van der Waals surface area contributed by atoms with Crippen molar-refractivity contribution in [1.82, 2.24) is 4.98 Å². The number of fused-ring (bicyclic) bond motifs is 1. The molecule has 7 nitrogen and oxygen atoms in total. The summed E-state index contributed by atoms with van der Waals surface area (Å²) in [5.41, 5.74) is 3.27. The summed E-state index contributed by atoms with van der Waals surface area (Å²) in [5, 5.41) is 13.4. The van der Waals surface area contributed by atoms with E-state index in [1.54, 1.807) is 25.3 Å². The Kier molecular flexibility index (Phi) is 7.12. The van der Waals surface area contributed by atoms with Crippen molar-refractivity contribution in [3.8, 4) is 21.8 Å². The van der Waals surface area contributed by atoms with Crippen LogP contribution >= 0.6 is 42.1 Å². The first-order valence-electron chi connectivity index (χ1n) is 11.1. The van der Waals surface area contributed by atoms with Gasteiger partial charge in [-0.05, 0) is 48.9 Å². The van der Waals surface area contributed by atoms with Crippen LogP contribution in [-0.2, 0) is 9.09 Å². The average Bonchev–Trinajstić information content (AvgIpc) is 3.48. The molecule has 11 heteroatoms. The van der Waals surface area contributed by atoms with Crippen LogP contribution in [0, 0.1) is 0 Å². The van der Waals surface area contributed by atoms with Crippen LogP contribution in [0.1, 0.15) is 16.6 Å². The van der Waals surface area contributed by atoms with Crippen LogP contribution in [0.25, 0.3) is 32.9 Å². The van der Waals surface area contributed by atoms with Gasteiger partial charge in [0.1, 0.15) is 16.2 Å². The number of benzene rings is 2. The van der Waals surface area contributed by atoms with Gasteiger partial charge in [-0.25, -0.2) is 4.79 Å². The predicted octanol–water partition coefficient (Wildman–Crippen LogP) is 8.20. The molecular weight excluding hydrogens is 554 g/mol. The third-order valence-electron chi connectivity index (χ3n) is 5.47. The van der Waals surface area contributed by atoms with Gasteiger partial charge in [-0.1, -0.05) is 47.5 Å². The lowest BCUT2D eigenvalue weighted by molar-refractivity contribution is 0.0703. The van der Waals surface area contributed by atoms with Gasteiger partial charge in [0.15, 0.2) is 5.58 Å². The van der Waals surface area contributed by atoms with Crippen molar-refractivity contribution in [1.29, 1.82) is 0 Å². The number of rotatable bonds is 8. The fraction of sp³-hybridized carbons (Fsp3) is 0.0769. The number of furan rings is 1. The first-order valence-corrected chi connectivity index (χ1v) is 14.3. The summed E-state index contributed by atoms with van der Waals surface area (Å²) >= 11 is 13.4. The number of nitrogens with zero attached hydrogens (tertiary/aromatic N) is 1. The molecule has 0 aliphatic carbocycles. The highest BCUT2D eigenvalue weighted by Crippen LogP contribution is 2.50. The van der Waals surface area contributed by atoms with Crippen molar-refractivity contribution < 1.29 is 23.4 Å². The average molecular weight is 573 g/mol. The zero-order valence-corrected chi connectivity index (χ0v) is 22.5. The molecule has 5 aromatic rings. The third kappa shape index (κ3) is 5.17. The molecular formula is C26H19Cl2N2O5PS. The van der Waals surface area contributed by atoms with Gasteiger partial charge in [0.2, 0.25) is 0 Å². The smallest absolute Gasteiger partial charge is 0.348 e. The lowest BCUT2D eigenvalue weighted by atomic mass is 10.1. The molecule has 188 valence electrons. The van der Waals surface area contributed by atoms with E-state index >= 15 is 0 Å². The van der Waals surface area contributed by atoms with Gasteiger partial charge in [0.05, 0.1) is 22.6 Å². The van der Waals surface area contributed by atoms with Crippen LogP contribution in [0.4, 0.5) is 5.69 Å². The molecule has 3 heterocycles. The van der Waals surface area contributed by atoms with Crippen LogP contribution < -0.4 is 10.4 Å². The van der Waals surface area contributed by atoms with Crippen LogP contribution in [0.3, 0.4) is 0 Å². The maximum atomic E-state index is 13.8. The lowest BCUT2D eigenvalue weighted by Gasteiger charge is -2.21. The molecule has 0 fully saturated rings. The third-order valence-corrected chi connectivity index (χ3v) is 9.51.